The van der Waals surface area contributed by atoms with Crippen LogP contribution in [0.1, 0.15) is 45.4 Å². The number of hydrogen-bond donors (Lipinski definition) is 1. The molecule has 2 unspecified atom stereocenters. The molecule has 0 saturated heterocycles. The Morgan fingerprint density at radius 2 is 2.21 bits per heavy atom. The van der Waals surface area contributed by atoms with Gasteiger partial charge in [0.2, 0.25) is 0 Å². The van der Waals surface area contributed by atoms with Crippen LogP contribution in [-0.2, 0) is 6.42 Å². The second-order valence-corrected chi connectivity index (χ2v) is 6.94. The Morgan fingerprint density at radius 1 is 1.37 bits per heavy atom. The van der Waals surface area contributed by atoms with E-state index in [0.29, 0.717) is 11.2 Å². The third-order valence-corrected chi connectivity index (χ3v) is 4.78. The number of rotatable bonds is 6. The zero-order valence-electron chi connectivity index (χ0n) is 11.7. The van der Waals surface area contributed by atoms with Crippen molar-refractivity contribution >= 4 is 29.2 Å². The number of nitrogens with zero attached hydrogens (tertiary/aromatic N) is 2. The summed E-state index contributed by atoms with van der Waals surface area (Å²) in [6.07, 6.45) is 5.68. The normalized spacial score (nSPS) is 22.7. The van der Waals surface area contributed by atoms with Gasteiger partial charge < -0.3 is 5.32 Å². The Balaban J connectivity index is 1.95. The lowest BCUT2D eigenvalue weighted by Gasteiger charge is -2.14. The van der Waals surface area contributed by atoms with Crippen molar-refractivity contribution in [3.8, 4) is 0 Å². The summed E-state index contributed by atoms with van der Waals surface area (Å²) in [5.74, 6) is 2.93. The molecule has 0 bridgehead atoms. The molecule has 0 amide bonds. The molecule has 0 aromatic carbocycles. The van der Waals surface area contributed by atoms with E-state index in [-0.39, 0.29) is 0 Å². The third-order valence-electron chi connectivity index (χ3n) is 3.35. The van der Waals surface area contributed by atoms with Crippen LogP contribution in [0.5, 0.6) is 0 Å². The van der Waals surface area contributed by atoms with Gasteiger partial charge >= 0.3 is 0 Å². The van der Waals surface area contributed by atoms with Crippen LogP contribution in [0.3, 0.4) is 0 Å². The molecule has 0 radical (unpaired) electrons. The molecule has 1 aromatic heterocycles. The van der Waals surface area contributed by atoms with E-state index in [9.17, 15) is 0 Å². The molecule has 1 fully saturated rings. The highest BCUT2D eigenvalue weighted by atomic mass is 35.5. The number of aryl methyl sites for hydroxylation is 1. The average Bonchev–Trinajstić information content (AvgIpc) is 2.76. The summed E-state index contributed by atoms with van der Waals surface area (Å²) < 4.78 is 0. The standard InChI is InChI=1S/C14H22ClN3S/c1-3-5-13-17-12(15)9-14(18-13)16-10-6-7-11(8-10)19-4-2/h9-11H,3-8H2,1-2H3,(H,16,17,18). The topological polar surface area (TPSA) is 37.8 Å². The van der Waals surface area contributed by atoms with Gasteiger partial charge in [0.15, 0.2) is 0 Å². The Hall–Kier alpha value is -0.480. The number of aromatic nitrogens is 2. The lowest BCUT2D eigenvalue weighted by atomic mass is 10.2. The van der Waals surface area contributed by atoms with E-state index in [1.54, 1.807) is 0 Å². The second kappa shape index (κ2) is 7.34. The second-order valence-electron chi connectivity index (χ2n) is 4.97. The maximum Gasteiger partial charge on any atom is 0.134 e. The number of thioether (sulfide) groups is 1. The number of nitrogens with one attached hydrogen (secondary N) is 1. The van der Waals surface area contributed by atoms with Gasteiger partial charge in [-0.25, -0.2) is 9.97 Å². The van der Waals surface area contributed by atoms with Crippen molar-refractivity contribution in [1.82, 2.24) is 9.97 Å². The van der Waals surface area contributed by atoms with E-state index in [0.717, 1.165) is 29.7 Å². The summed E-state index contributed by atoms with van der Waals surface area (Å²) in [6.45, 7) is 4.35. The highest BCUT2D eigenvalue weighted by Gasteiger charge is 2.24. The maximum absolute atomic E-state index is 6.05. The quantitative estimate of drug-likeness (QED) is 0.800. The smallest absolute Gasteiger partial charge is 0.134 e. The highest BCUT2D eigenvalue weighted by Crippen LogP contribution is 2.31. The van der Waals surface area contributed by atoms with Gasteiger partial charge in [0.1, 0.15) is 16.8 Å². The van der Waals surface area contributed by atoms with Crippen LogP contribution in [0.4, 0.5) is 5.82 Å². The molecule has 106 valence electrons. The van der Waals surface area contributed by atoms with Crippen molar-refractivity contribution in [3.63, 3.8) is 0 Å². The largest absolute Gasteiger partial charge is 0.367 e. The monoisotopic (exact) mass is 299 g/mol. The Bertz CT molecular complexity index is 414. The molecule has 1 saturated carbocycles. The summed E-state index contributed by atoms with van der Waals surface area (Å²) >= 11 is 8.12. The van der Waals surface area contributed by atoms with Gasteiger partial charge in [-0.1, -0.05) is 25.4 Å². The van der Waals surface area contributed by atoms with Crippen molar-refractivity contribution in [3.05, 3.63) is 17.0 Å². The molecular weight excluding hydrogens is 278 g/mol. The van der Waals surface area contributed by atoms with E-state index in [4.69, 9.17) is 11.6 Å². The predicted octanol–water partition coefficient (Wildman–Crippen LogP) is 4.17. The lowest BCUT2D eigenvalue weighted by molar-refractivity contribution is 0.745. The van der Waals surface area contributed by atoms with E-state index >= 15 is 0 Å². The van der Waals surface area contributed by atoms with Gasteiger partial charge in [-0.3, -0.25) is 0 Å². The minimum Gasteiger partial charge on any atom is -0.367 e. The van der Waals surface area contributed by atoms with Gasteiger partial charge in [0.05, 0.1) is 0 Å². The van der Waals surface area contributed by atoms with Gasteiger partial charge in [-0.15, -0.1) is 0 Å². The van der Waals surface area contributed by atoms with Crippen LogP contribution in [-0.4, -0.2) is 27.0 Å². The van der Waals surface area contributed by atoms with E-state index < -0.39 is 0 Å². The fraction of sp³-hybridized carbons (Fsp3) is 0.714. The van der Waals surface area contributed by atoms with Crippen LogP contribution < -0.4 is 5.32 Å². The predicted molar refractivity (Wildman–Crippen MR) is 84.2 cm³/mol. The molecule has 2 rings (SSSR count). The van der Waals surface area contributed by atoms with E-state index in [1.807, 2.05) is 6.07 Å². The molecule has 2 atom stereocenters. The molecule has 1 N–H and O–H groups in total. The molecule has 1 aromatic rings. The van der Waals surface area contributed by atoms with Crippen molar-refractivity contribution < 1.29 is 0 Å². The SMILES string of the molecule is CCCc1nc(Cl)cc(NC2CCC(SCC)C2)n1. The Morgan fingerprint density at radius 3 is 2.95 bits per heavy atom. The zero-order valence-corrected chi connectivity index (χ0v) is 13.2. The zero-order chi connectivity index (χ0) is 13.7. The highest BCUT2D eigenvalue weighted by molar-refractivity contribution is 7.99. The molecule has 1 heterocycles. The summed E-state index contributed by atoms with van der Waals surface area (Å²) in [4.78, 5) is 8.80. The molecular formula is C14H22ClN3S. The minimum atomic E-state index is 0.532. The van der Waals surface area contributed by atoms with Crippen LogP contribution in [0.15, 0.2) is 6.07 Å². The van der Waals surface area contributed by atoms with Crippen LogP contribution in [0.25, 0.3) is 0 Å². The van der Waals surface area contributed by atoms with Crippen LogP contribution in [0, 0.1) is 0 Å². The third kappa shape index (κ3) is 4.53. The molecule has 1 aliphatic rings. The molecule has 0 aliphatic heterocycles. The molecule has 5 heteroatoms. The van der Waals surface area contributed by atoms with Gasteiger partial charge in [0, 0.05) is 23.8 Å². The first kappa shape index (κ1) is 14.9. The van der Waals surface area contributed by atoms with Gasteiger partial charge in [-0.2, -0.15) is 11.8 Å². The van der Waals surface area contributed by atoms with Crippen molar-refractivity contribution in [1.29, 1.82) is 0 Å². The Labute approximate surface area is 124 Å². The fourth-order valence-corrected chi connectivity index (χ4v) is 3.88. The first-order chi connectivity index (χ1) is 9.21. The summed E-state index contributed by atoms with van der Waals surface area (Å²) in [6, 6.07) is 2.37. The molecule has 0 spiro atoms. The first-order valence-electron chi connectivity index (χ1n) is 7.12. The lowest BCUT2D eigenvalue weighted by Crippen LogP contribution is -2.17. The van der Waals surface area contributed by atoms with Crippen LogP contribution >= 0.6 is 23.4 Å². The number of halogens is 1. The fourth-order valence-electron chi connectivity index (χ4n) is 2.54. The first-order valence-corrected chi connectivity index (χ1v) is 8.55. The van der Waals surface area contributed by atoms with Crippen molar-refractivity contribution in [2.75, 3.05) is 11.1 Å². The van der Waals surface area contributed by atoms with Gasteiger partial charge in [-0.05, 0) is 31.4 Å². The van der Waals surface area contributed by atoms with Gasteiger partial charge in [0.25, 0.3) is 0 Å². The molecule has 19 heavy (non-hydrogen) atoms. The van der Waals surface area contributed by atoms with Crippen LogP contribution in [0.2, 0.25) is 5.15 Å². The number of anilines is 1. The summed E-state index contributed by atoms with van der Waals surface area (Å²) in [5, 5.41) is 4.86. The minimum absolute atomic E-state index is 0.532. The number of hydrogen-bond acceptors (Lipinski definition) is 4. The molecule has 3 nitrogen and oxygen atoms in total. The average molecular weight is 300 g/mol. The van der Waals surface area contributed by atoms with Crippen molar-refractivity contribution in [2.45, 2.75) is 57.2 Å². The van der Waals surface area contributed by atoms with E-state index in [2.05, 4.69) is 40.9 Å². The van der Waals surface area contributed by atoms with E-state index in [1.165, 1.54) is 25.0 Å². The Kier molecular flexibility index (Phi) is 5.76. The maximum atomic E-state index is 6.05. The summed E-state index contributed by atoms with van der Waals surface area (Å²) in [7, 11) is 0. The molecule has 1 aliphatic carbocycles. The summed E-state index contributed by atoms with van der Waals surface area (Å²) in [5.41, 5.74) is 0. The van der Waals surface area contributed by atoms with Crippen molar-refractivity contribution in [2.24, 2.45) is 0 Å².